The zero-order chi connectivity index (χ0) is 9.52. The van der Waals surface area contributed by atoms with E-state index in [-0.39, 0.29) is 11.5 Å². The van der Waals surface area contributed by atoms with E-state index in [0.29, 0.717) is 6.42 Å². The van der Waals surface area contributed by atoms with Gasteiger partial charge in [-0.05, 0) is 13.0 Å². The summed E-state index contributed by atoms with van der Waals surface area (Å²) in [6, 6.07) is 0. The first-order chi connectivity index (χ1) is 6.29. The minimum Gasteiger partial charge on any atom is -0.379 e. The van der Waals surface area contributed by atoms with Crippen LogP contribution in [0.5, 0.6) is 0 Å². The van der Waals surface area contributed by atoms with Crippen molar-refractivity contribution in [3.05, 3.63) is 10.1 Å². The highest BCUT2D eigenvalue weighted by Gasteiger charge is 2.09. The molecule has 1 aliphatic heterocycles. The molecule has 0 spiro atoms. The SMILES string of the molecule is O=[N+]([O-])CCCCN1CCOCC1. The number of nitro groups is 1. The van der Waals surface area contributed by atoms with E-state index in [2.05, 4.69) is 4.90 Å². The maximum Gasteiger partial charge on any atom is 0.203 e. The molecule has 1 fully saturated rings. The van der Waals surface area contributed by atoms with Crippen molar-refractivity contribution in [1.29, 1.82) is 0 Å². The van der Waals surface area contributed by atoms with Crippen LogP contribution in [0.3, 0.4) is 0 Å². The summed E-state index contributed by atoms with van der Waals surface area (Å²) in [6.45, 7) is 4.61. The van der Waals surface area contributed by atoms with Crippen LogP contribution in [0, 0.1) is 10.1 Å². The Morgan fingerprint density at radius 3 is 2.62 bits per heavy atom. The second kappa shape index (κ2) is 5.88. The number of ether oxygens (including phenoxy) is 1. The molecule has 0 saturated carbocycles. The smallest absolute Gasteiger partial charge is 0.203 e. The summed E-state index contributed by atoms with van der Waals surface area (Å²) in [6.07, 6.45) is 1.60. The number of hydrogen-bond donors (Lipinski definition) is 0. The van der Waals surface area contributed by atoms with Gasteiger partial charge in [0, 0.05) is 24.4 Å². The Balaban J connectivity index is 1.95. The van der Waals surface area contributed by atoms with E-state index in [1.54, 1.807) is 0 Å². The van der Waals surface area contributed by atoms with Crippen molar-refractivity contribution < 1.29 is 9.66 Å². The van der Waals surface area contributed by atoms with Crippen molar-refractivity contribution in [2.24, 2.45) is 0 Å². The molecule has 1 heterocycles. The quantitative estimate of drug-likeness (QED) is 0.355. The van der Waals surface area contributed by atoms with Crippen molar-refractivity contribution in [1.82, 2.24) is 4.90 Å². The second-order valence-corrected chi connectivity index (χ2v) is 3.22. The number of hydrogen-bond acceptors (Lipinski definition) is 4. The van der Waals surface area contributed by atoms with Crippen LogP contribution in [-0.4, -0.2) is 49.2 Å². The Morgan fingerprint density at radius 2 is 2.00 bits per heavy atom. The molecule has 0 atom stereocenters. The van der Waals surface area contributed by atoms with Gasteiger partial charge in [-0.1, -0.05) is 0 Å². The largest absolute Gasteiger partial charge is 0.379 e. The summed E-state index contributed by atoms with van der Waals surface area (Å²) >= 11 is 0. The van der Waals surface area contributed by atoms with Crippen LogP contribution in [0.4, 0.5) is 0 Å². The molecule has 0 aromatic heterocycles. The van der Waals surface area contributed by atoms with Crippen LogP contribution in [0.1, 0.15) is 12.8 Å². The number of morpholine rings is 1. The first-order valence-corrected chi connectivity index (χ1v) is 4.71. The van der Waals surface area contributed by atoms with E-state index in [9.17, 15) is 10.1 Å². The molecule has 0 N–H and O–H groups in total. The van der Waals surface area contributed by atoms with Gasteiger partial charge in [-0.15, -0.1) is 0 Å². The minimum absolute atomic E-state index is 0.102. The molecular formula is C8H16N2O3. The van der Waals surface area contributed by atoms with E-state index in [4.69, 9.17) is 4.74 Å². The molecule has 1 saturated heterocycles. The first kappa shape index (κ1) is 10.4. The zero-order valence-corrected chi connectivity index (χ0v) is 7.78. The highest BCUT2D eigenvalue weighted by Crippen LogP contribution is 1.99. The molecule has 0 radical (unpaired) electrons. The lowest BCUT2D eigenvalue weighted by atomic mass is 10.3. The molecule has 13 heavy (non-hydrogen) atoms. The van der Waals surface area contributed by atoms with Gasteiger partial charge in [0.15, 0.2) is 0 Å². The molecule has 0 unspecified atom stereocenters. The van der Waals surface area contributed by atoms with Crippen LogP contribution in [0.15, 0.2) is 0 Å². The molecule has 1 aliphatic rings. The van der Waals surface area contributed by atoms with Gasteiger partial charge < -0.3 is 4.74 Å². The zero-order valence-electron chi connectivity index (χ0n) is 7.78. The highest BCUT2D eigenvalue weighted by molar-refractivity contribution is 4.61. The maximum atomic E-state index is 10.0. The van der Waals surface area contributed by atoms with Crippen molar-refractivity contribution in [2.45, 2.75) is 12.8 Å². The van der Waals surface area contributed by atoms with Gasteiger partial charge >= 0.3 is 0 Å². The Labute approximate surface area is 77.8 Å². The molecule has 0 bridgehead atoms. The average molecular weight is 188 g/mol. The van der Waals surface area contributed by atoms with E-state index < -0.39 is 0 Å². The van der Waals surface area contributed by atoms with E-state index in [0.717, 1.165) is 39.3 Å². The van der Waals surface area contributed by atoms with Gasteiger partial charge in [0.2, 0.25) is 6.54 Å². The third kappa shape index (κ3) is 4.80. The Kier molecular flexibility index (Phi) is 4.70. The Bertz CT molecular complexity index is 157. The normalized spacial score (nSPS) is 18.8. The second-order valence-electron chi connectivity index (χ2n) is 3.22. The van der Waals surface area contributed by atoms with Crippen LogP contribution in [0.2, 0.25) is 0 Å². The van der Waals surface area contributed by atoms with Crippen LogP contribution < -0.4 is 0 Å². The van der Waals surface area contributed by atoms with Gasteiger partial charge in [0.1, 0.15) is 0 Å². The molecule has 76 valence electrons. The number of rotatable bonds is 5. The molecule has 0 aromatic carbocycles. The van der Waals surface area contributed by atoms with Crippen molar-refractivity contribution in [2.75, 3.05) is 39.4 Å². The fraction of sp³-hybridized carbons (Fsp3) is 1.00. The first-order valence-electron chi connectivity index (χ1n) is 4.71. The van der Waals surface area contributed by atoms with E-state index >= 15 is 0 Å². The predicted octanol–water partition coefficient (Wildman–Crippen LogP) is 0.375. The topological polar surface area (TPSA) is 55.6 Å². The lowest BCUT2D eigenvalue weighted by Gasteiger charge is -2.26. The Morgan fingerprint density at radius 1 is 1.31 bits per heavy atom. The van der Waals surface area contributed by atoms with Gasteiger partial charge in [0.25, 0.3) is 0 Å². The summed E-state index contributed by atoms with van der Waals surface area (Å²) in [7, 11) is 0. The van der Waals surface area contributed by atoms with Crippen LogP contribution in [-0.2, 0) is 4.74 Å². The Hall–Kier alpha value is -0.680. The predicted molar refractivity (Wildman–Crippen MR) is 48.4 cm³/mol. The summed E-state index contributed by atoms with van der Waals surface area (Å²) in [5.74, 6) is 0. The fourth-order valence-corrected chi connectivity index (χ4v) is 1.40. The average Bonchev–Trinajstić information content (AvgIpc) is 2.14. The van der Waals surface area contributed by atoms with Crippen molar-refractivity contribution >= 4 is 0 Å². The van der Waals surface area contributed by atoms with Crippen molar-refractivity contribution in [3.8, 4) is 0 Å². The summed E-state index contributed by atoms with van der Waals surface area (Å²) < 4.78 is 5.19. The molecule has 0 aromatic rings. The molecule has 1 rings (SSSR count). The maximum absolute atomic E-state index is 10.0. The third-order valence-electron chi connectivity index (χ3n) is 2.17. The minimum atomic E-state index is -0.251. The lowest BCUT2D eigenvalue weighted by Crippen LogP contribution is -2.36. The van der Waals surface area contributed by atoms with Crippen LogP contribution in [0.25, 0.3) is 0 Å². The lowest BCUT2D eigenvalue weighted by molar-refractivity contribution is -0.480. The van der Waals surface area contributed by atoms with Crippen LogP contribution >= 0.6 is 0 Å². The molecule has 5 heteroatoms. The molecule has 5 nitrogen and oxygen atoms in total. The van der Waals surface area contributed by atoms with Gasteiger partial charge in [-0.25, -0.2) is 0 Å². The van der Waals surface area contributed by atoms with E-state index in [1.165, 1.54) is 0 Å². The van der Waals surface area contributed by atoms with Gasteiger partial charge in [-0.2, -0.15) is 0 Å². The molecular weight excluding hydrogens is 172 g/mol. The summed E-state index contributed by atoms with van der Waals surface area (Å²) in [5, 5.41) is 10.0. The number of nitrogens with zero attached hydrogens (tertiary/aromatic N) is 2. The summed E-state index contributed by atoms with van der Waals surface area (Å²) in [5.41, 5.74) is 0. The number of unbranched alkanes of at least 4 members (excludes halogenated alkanes) is 1. The van der Waals surface area contributed by atoms with Gasteiger partial charge in [-0.3, -0.25) is 15.0 Å². The van der Waals surface area contributed by atoms with Gasteiger partial charge in [0.05, 0.1) is 13.2 Å². The van der Waals surface area contributed by atoms with Crippen molar-refractivity contribution in [3.63, 3.8) is 0 Å². The monoisotopic (exact) mass is 188 g/mol. The van der Waals surface area contributed by atoms with E-state index in [1.807, 2.05) is 0 Å². The summed E-state index contributed by atoms with van der Waals surface area (Å²) in [4.78, 5) is 12.1. The third-order valence-corrected chi connectivity index (χ3v) is 2.17. The highest BCUT2D eigenvalue weighted by atomic mass is 16.6. The standard InChI is InChI=1S/C8H16N2O3/c11-10(12)4-2-1-3-9-5-7-13-8-6-9/h1-8H2. The fourth-order valence-electron chi connectivity index (χ4n) is 1.40. The molecule has 0 aliphatic carbocycles. The molecule has 0 amide bonds.